The molecule has 3 fully saturated rings. The lowest BCUT2D eigenvalue weighted by molar-refractivity contribution is -0.135. The maximum absolute atomic E-state index is 12.7. The van der Waals surface area contributed by atoms with Crippen molar-refractivity contribution in [3.63, 3.8) is 0 Å². The zero-order valence-electron chi connectivity index (χ0n) is 13.8. The van der Waals surface area contributed by atoms with Gasteiger partial charge in [0.05, 0.1) is 0 Å². The molecule has 2 aromatic heterocycles. The number of fused-ring (bicyclic) bond motifs is 4. The molecule has 0 spiro atoms. The van der Waals surface area contributed by atoms with E-state index in [4.69, 9.17) is 11.6 Å². The van der Waals surface area contributed by atoms with E-state index in [9.17, 15) is 4.79 Å². The van der Waals surface area contributed by atoms with Crippen LogP contribution >= 0.6 is 11.6 Å². The molecule has 0 aromatic carbocycles. The van der Waals surface area contributed by atoms with E-state index in [1.165, 1.54) is 0 Å². The van der Waals surface area contributed by atoms with Crippen molar-refractivity contribution < 1.29 is 4.79 Å². The van der Waals surface area contributed by atoms with Crippen LogP contribution in [0.25, 0.3) is 0 Å². The second kappa shape index (κ2) is 6.95. The van der Waals surface area contributed by atoms with Gasteiger partial charge in [0.15, 0.2) is 0 Å². The maximum Gasteiger partial charge on any atom is 0.242 e. The van der Waals surface area contributed by atoms with Gasteiger partial charge in [0.1, 0.15) is 5.82 Å². The predicted octanol–water partition coefficient (Wildman–Crippen LogP) is 1.31. The smallest absolute Gasteiger partial charge is 0.242 e. The van der Waals surface area contributed by atoms with E-state index in [0.717, 1.165) is 38.4 Å². The first-order valence-electron chi connectivity index (χ1n) is 8.57. The van der Waals surface area contributed by atoms with Crippen molar-refractivity contribution in [2.75, 3.05) is 24.5 Å². The first-order valence-corrected chi connectivity index (χ1v) is 8.95. The minimum Gasteiger partial charge on any atom is -0.338 e. The van der Waals surface area contributed by atoms with Crippen LogP contribution in [0, 0.1) is 5.92 Å². The molecule has 1 amide bonds. The van der Waals surface area contributed by atoms with Crippen LogP contribution in [-0.4, -0.2) is 61.6 Å². The fraction of sp³-hybridized carbons (Fsp3) is 0.562. The van der Waals surface area contributed by atoms with Crippen LogP contribution in [0.4, 0.5) is 5.95 Å². The van der Waals surface area contributed by atoms with E-state index in [2.05, 4.69) is 30.0 Å². The average molecular weight is 362 g/mol. The lowest BCUT2D eigenvalue weighted by atomic mass is 9.94. The molecule has 2 aromatic rings. The number of piperidine rings is 1. The number of H-pyrrole nitrogens is 1. The Morgan fingerprint density at radius 2 is 2.08 bits per heavy atom. The molecule has 1 N–H and O–H groups in total. The summed E-state index contributed by atoms with van der Waals surface area (Å²) in [6, 6.07) is 2.04. The Kier molecular flexibility index (Phi) is 4.52. The van der Waals surface area contributed by atoms with E-state index < -0.39 is 0 Å². The number of hydrogen-bond acceptors (Lipinski definition) is 6. The van der Waals surface area contributed by atoms with Gasteiger partial charge in [0.25, 0.3) is 0 Å². The van der Waals surface area contributed by atoms with Crippen LogP contribution in [0.15, 0.2) is 18.5 Å². The quantitative estimate of drug-likeness (QED) is 0.882. The van der Waals surface area contributed by atoms with Crippen LogP contribution in [-0.2, 0) is 11.2 Å². The largest absolute Gasteiger partial charge is 0.338 e. The van der Waals surface area contributed by atoms with E-state index >= 15 is 0 Å². The van der Waals surface area contributed by atoms with Gasteiger partial charge in [-0.05, 0) is 36.4 Å². The zero-order chi connectivity index (χ0) is 17.2. The monoisotopic (exact) mass is 361 g/mol. The van der Waals surface area contributed by atoms with Gasteiger partial charge in [-0.15, -0.1) is 5.10 Å². The third-order valence-corrected chi connectivity index (χ3v) is 5.12. The van der Waals surface area contributed by atoms with Gasteiger partial charge in [-0.3, -0.25) is 9.89 Å². The summed E-state index contributed by atoms with van der Waals surface area (Å²) >= 11 is 5.71. The lowest BCUT2D eigenvalue weighted by Crippen LogP contribution is -2.47. The molecule has 3 saturated heterocycles. The molecule has 5 heterocycles. The van der Waals surface area contributed by atoms with Crippen LogP contribution in [0.3, 0.4) is 0 Å². The number of aromatic nitrogens is 5. The molecule has 0 aliphatic carbocycles. The number of halogens is 1. The lowest BCUT2D eigenvalue weighted by Gasteiger charge is -2.36. The van der Waals surface area contributed by atoms with Gasteiger partial charge in [0.2, 0.25) is 17.1 Å². The minimum absolute atomic E-state index is 0.165. The van der Waals surface area contributed by atoms with Gasteiger partial charge in [0, 0.05) is 50.9 Å². The molecule has 9 heteroatoms. The number of aromatic amines is 1. The molecule has 3 aliphatic rings. The third kappa shape index (κ3) is 3.58. The molecule has 5 rings (SSSR count). The van der Waals surface area contributed by atoms with Gasteiger partial charge in [-0.1, -0.05) is 0 Å². The minimum atomic E-state index is 0.165. The summed E-state index contributed by atoms with van der Waals surface area (Å²) in [5.74, 6) is 2.03. The molecule has 2 unspecified atom stereocenters. The van der Waals surface area contributed by atoms with Crippen molar-refractivity contribution in [3.05, 3.63) is 29.6 Å². The zero-order valence-corrected chi connectivity index (χ0v) is 14.6. The Bertz CT molecular complexity index is 737. The van der Waals surface area contributed by atoms with Gasteiger partial charge in [-0.25, -0.2) is 15.0 Å². The Balaban J connectivity index is 1.42. The SMILES string of the molecule is O=C(CCc1nc(Cl)n[nH]1)N1CC2CCC1CN(c1ncccn1)C2. The van der Waals surface area contributed by atoms with E-state index in [1.807, 2.05) is 11.0 Å². The molecule has 132 valence electrons. The van der Waals surface area contributed by atoms with Crippen molar-refractivity contribution in [2.24, 2.45) is 5.92 Å². The van der Waals surface area contributed by atoms with Crippen molar-refractivity contribution in [2.45, 2.75) is 31.7 Å². The van der Waals surface area contributed by atoms with E-state index in [-0.39, 0.29) is 17.2 Å². The molecular weight excluding hydrogens is 342 g/mol. The number of nitrogens with one attached hydrogen (secondary N) is 1. The van der Waals surface area contributed by atoms with Gasteiger partial charge < -0.3 is 9.80 Å². The number of carbonyl (C=O) groups is 1. The molecule has 8 nitrogen and oxygen atoms in total. The Morgan fingerprint density at radius 3 is 2.84 bits per heavy atom. The van der Waals surface area contributed by atoms with Crippen molar-refractivity contribution in [3.8, 4) is 0 Å². The number of aryl methyl sites for hydroxylation is 1. The molecule has 2 atom stereocenters. The Hall–Kier alpha value is -2.22. The predicted molar refractivity (Wildman–Crippen MR) is 92.2 cm³/mol. The van der Waals surface area contributed by atoms with Crippen molar-refractivity contribution in [1.29, 1.82) is 0 Å². The highest BCUT2D eigenvalue weighted by atomic mass is 35.5. The van der Waals surface area contributed by atoms with E-state index in [1.54, 1.807) is 12.4 Å². The van der Waals surface area contributed by atoms with Crippen LogP contribution in [0.5, 0.6) is 0 Å². The van der Waals surface area contributed by atoms with Gasteiger partial charge in [-0.2, -0.15) is 0 Å². The van der Waals surface area contributed by atoms with Gasteiger partial charge >= 0.3 is 0 Å². The Labute approximate surface area is 150 Å². The topological polar surface area (TPSA) is 90.9 Å². The van der Waals surface area contributed by atoms with E-state index in [0.29, 0.717) is 24.6 Å². The first-order chi connectivity index (χ1) is 12.2. The molecule has 0 radical (unpaired) electrons. The standard InChI is InChI=1S/C16H20ClN7O/c17-15-20-13(21-22-15)4-5-14(25)24-9-11-2-3-12(24)10-23(8-11)16-18-6-1-7-19-16/h1,6-7,11-12H,2-5,8-10H2,(H,20,21,22). The summed E-state index contributed by atoms with van der Waals surface area (Å²) in [6.07, 6.45) is 6.65. The number of carbonyl (C=O) groups excluding carboxylic acids is 1. The normalized spacial score (nSPS) is 22.9. The molecule has 0 saturated carbocycles. The molecule has 25 heavy (non-hydrogen) atoms. The highest BCUT2D eigenvalue weighted by Gasteiger charge is 2.37. The summed E-state index contributed by atoms with van der Waals surface area (Å²) in [5.41, 5.74) is 0. The fourth-order valence-corrected chi connectivity index (χ4v) is 3.90. The second-order valence-electron chi connectivity index (χ2n) is 6.65. The van der Waals surface area contributed by atoms with Crippen molar-refractivity contribution >= 4 is 23.5 Å². The van der Waals surface area contributed by atoms with Crippen LogP contribution in [0.2, 0.25) is 5.28 Å². The average Bonchev–Trinajstić information content (AvgIpc) is 2.85. The summed E-state index contributed by atoms with van der Waals surface area (Å²) in [7, 11) is 0. The van der Waals surface area contributed by atoms with Crippen molar-refractivity contribution in [1.82, 2.24) is 30.0 Å². The highest BCUT2D eigenvalue weighted by molar-refractivity contribution is 6.28. The maximum atomic E-state index is 12.7. The number of amides is 1. The third-order valence-electron chi connectivity index (χ3n) is 4.95. The number of rotatable bonds is 4. The molecular formula is C16H20ClN7O. The van der Waals surface area contributed by atoms with Crippen LogP contribution in [0.1, 0.15) is 25.1 Å². The highest BCUT2D eigenvalue weighted by Crippen LogP contribution is 2.30. The molecule has 3 aliphatic heterocycles. The number of anilines is 1. The Morgan fingerprint density at radius 1 is 1.24 bits per heavy atom. The number of hydrogen-bond donors (Lipinski definition) is 1. The summed E-state index contributed by atoms with van der Waals surface area (Å²) < 4.78 is 0. The molecule has 2 bridgehead atoms. The fourth-order valence-electron chi connectivity index (χ4n) is 3.76. The second-order valence-corrected chi connectivity index (χ2v) is 6.99. The van der Waals surface area contributed by atoms with Crippen LogP contribution < -0.4 is 4.90 Å². The summed E-state index contributed by atoms with van der Waals surface area (Å²) in [4.78, 5) is 29.8. The number of nitrogens with zero attached hydrogens (tertiary/aromatic N) is 6. The first kappa shape index (κ1) is 16.3. The summed E-state index contributed by atoms with van der Waals surface area (Å²) in [6.45, 7) is 2.51. The summed E-state index contributed by atoms with van der Waals surface area (Å²) in [5, 5.41) is 6.73.